The van der Waals surface area contributed by atoms with E-state index in [0.29, 0.717) is 12.2 Å². The number of hydrogen-bond donors (Lipinski definition) is 1. The van der Waals surface area contributed by atoms with Crippen LogP contribution < -0.4 is 10.2 Å². The van der Waals surface area contributed by atoms with Crippen LogP contribution in [-0.2, 0) is 6.54 Å². The quantitative estimate of drug-likeness (QED) is 0.903. The molecule has 5 heteroatoms. The van der Waals surface area contributed by atoms with Crippen molar-refractivity contribution in [2.24, 2.45) is 0 Å². The first-order valence-corrected chi connectivity index (χ1v) is 7.10. The molecule has 3 nitrogen and oxygen atoms in total. The highest BCUT2D eigenvalue weighted by atomic mass is 32.1. The summed E-state index contributed by atoms with van der Waals surface area (Å²) in [6.45, 7) is 4.69. The summed E-state index contributed by atoms with van der Waals surface area (Å²) in [4.78, 5) is 6.09. The monoisotopic (exact) mass is 279 g/mol. The number of rotatable bonds is 5. The molecule has 102 valence electrons. The van der Waals surface area contributed by atoms with E-state index in [0.717, 1.165) is 10.7 Å². The molecule has 1 heterocycles. The molecule has 1 N–H and O–H groups in total. The fraction of sp³-hybridized carbons (Fsp3) is 0.357. The SMILES string of the molecule is CC(C)N(C)c1ccc(NCc2nccs2)cc1F. The minimum Gasteiger partial charge on any atom is -0.378 e. The van der Waals surface area contributed by atoms with Crippen LogP contribution in [-0.4, -0.2) is 18.1 Å². The second-order valence-corrected chi connectivity index (χ2v) is 5.63. The smallest absolute Gasteiger partial charge is 0.148 e. The molecule has 0 radical (unpaired) electrons. The Labute approximate surface area is 117 Å². The van der Waals surface area contributed by atoms with Gasteiger partial charge < -0.3 is 10.2 Å². The van der Waals surface area contributed by atoms with Crippen LogP contribution in [0, 0.1) is 5.82 Å². The largest absolute Gasteiger partial charge is 0.378 e. The summed E-state index contributed by atoms with van der Waals surface area (Å²) in [5, 5.41) is 6.09. The number of hydrogen-bond acceptors (Lipinski definition) is 4. The first-order chi connectivity index (χ1) is 9.08. The lowest BCUT2D eigenvalue weighted by Gasteiger charge is -2.24. The van der Waals surface area contributed by atoms with Crippen LogP contribution in [0.25, 0.3) is 0 Å². The Kier molecular flexibility index (Phi) is 4.37. The third kappa shape index (κ3) is 3.44. The van der Waals surface area contributed by atoms with E-state index in [9.17, 15) is 4.39 Å². The Bertz CT molecular complexity index is 525. The van der Waals surface area contributed by atoms with Crippen LogP contribution in [0.15, 0.2) is 29.8 Å². The number of benzene rings is 1. The minimum atomic E-state index is -0.208. The number of halogens is 1. The fourth-order valence-electron chi connectivity index (χ4n) is 1.70. The van der Waals surface area contributed by atoms with Crippen molar-refractivity contribution in [1.29, 1.82) is 0 Å². The van der Waals surface area contributed by atoms with Gasteiger partial charge in [0.15, 0.2) is 0 Å². The maximum atomic E-state index is 14.0. The zero-order valence-electron chi connectivity index (χ0n) is 11.4. The molecule has 0 fully saturated rings. The van der Waals surface area contributed by atoms with Crippen LogP contribution in [0.2, 0.25) is 0 Å². The molecule has 19 heavy (non-hydrogen) atoms. The summed E-state index contributed by atoms with van der Waals surface area (Å²) in [5.41, 5.74) is 1.39. The second-order valence-electron chi connectivity index (χ2n) is 4.65. The van der Waals surface area contributed by atoms with Crippen LogP contribution in [0.4, 0.5) is 15.8 Å². The molecule has 0 saturated carbocycles. The van der Waals surface area contributed by atoms with Gasteiger partial charge in [0.2, 0.25) is 0 Å². The average molecular weight is 279 g/mol. The number of anilines is 2. The van der Waals surface area contributed by atoms with Gasteiger partial charge in [-0.15, -0.1) is 11.3 Å². The molecular formula is C14H18FN3S. The van der Waals surface area contributed by atoms with E-state index >= 15 is 0 Å². The number of aromatic nitrogens is 1. The first-order valence-electron chi connectivity index (χ1n) is 6.22. The van der Waals surface area contributed by atoms with Gasteiger partial charge in [-0.1, -0.05) is 0 Å². The second kappa shape index (κ2) is 6.02. The number of nitrogens with one attached hydrogen (secondary N) is 1. The Hall–Kier alpha value is -1.62. The van der Waals surface area contributed by atoms with Crippen molar-refractivity contribution in [2.75, 3.05) is 17.3 Å². The zero-order valence-corrected chi connectivity index (χ0v) is 12.2. The molecule has 0 aliphatic rings. The van der Waals surface area contributed by atoms with Gasteiger partial charge in [-0.3, -0.25) is 0 Å². The summed E-state index contributed by atoms with van der Waals surface area (Å²) in [7, 11) is 1.89. The van der Waals surface area contributed by atoms with E-state index in [4.69, 9.17) is 0 Å². The lowest BCUT2D eigenvalue weighted by Crippen LogP contribution is -2.26. The molecule has 0 aliphatic heterocycles. The summed E-state index contributed by atoms with van der Waals surface area (Å²) in [6.07, 6.45) is 1.77. The van der Waals surface area contributed by atoms with E-state index in [1.54, 1.807) is 23.6 Å². The minimum absolute atomic E-state index is 0.208. The Morgan fingerprint density at radius 2 is 2.21 bits per heavy atom. The van der Waals surface area contributed by atoms with E-state index in [1.807, 2.05) is 37.2 Å². The Morgan fingerprint density at radius 3 is 2.79 bits per heavy atom. The Balaban J connectivity index is 2.06. The molecule has 0 aliphatic carbocycles. The van der Waals surface area contributed by atoms with E-state index in [1.165, 1.54) is 6.07 Å². The summed E-state index contributed by atoms with van der Waals surface area (Å²) in [5.74, 6) is -0.208. The van der Waals surface area contributed by atoms with Crippen molar-refractivity contribution in [2.45, 2.75) is 26.4 Å². The lowest BCUT2D eigenvalue weighted by molar-refractivity contribution is 0.614. The zero-order chi connectivity index (χ0) is 13.8. The predicted octanol–water partition coefficient (Wildman–Crippen LogP) is 3.74. The Morgan fingerprint density at radius 1 is 1.42 bits per heavy atom. The molecule has 0 bridgehead atoms. The molecule has 2 aromatic rings. The van der Waals surface area contributed by atoms with Crippen LogP contribution in [0.3, 0.4) is 0 Å². The van der Waals surface area contributed by atoms with Gasteiger partial charge in [0.05, 0.1) is 12.2 Å². The van der Waals surface area contributed by atoms with Gasteiger partial charge in [-0.25, -0.2) is 9.37 Å². The fourth-order valence-corrected chi connectivity index (χ4v) is 2.26. The van der Waals surface area contributed by atoms with Gasteiger partial charge in [0.25, 0.3) is 0 Å². The molecule has 0 spiro atoms. The highest BCUT2D eigenvalue weighted by Crippen LogP contribution is 2.23. The van der Waals surface area contributed by atoms with Crippen molar-refractivity contribution in [3.05, 3.63) is 40.6 Å². The van der Waals surface area contributed by atoms with Gasteiger partial charge in [0, 0.05) is 30.4 Å². The van der Waals surface area contributed by atoms with Gasteiger partial charge >= 0.3 is 0 Å². The number of nitrogens with zero attached hydrogens (tertiary/aromatic N) is 2. The maximum Gasteiger partial charge on any atom is 0.148 e. The standard InChI is InChI=1S/C14H18FN3S/c1-10(2)18(3)13-5-4-11(8-12(13)15)17-9-14-16-6-7-19-14/h4-8,10,17H,9H2,1-3H3. The third-order valence-electron chi connectivity index (χ3n) is 3.03. The van der Waals surface area contributed by atoms with Crippen molar-refractivity contribution < 1.29 is 4.39 Å². The predicted molar refractivity (Wildman–Crippen MR) is 79.4 cm³/mol. The molecular weight excluding hydrogens is 261 g/mol. The van der Waals surface area contributed by atoms with Crippen LogP contribution >= 0.6 is 11.3 Å². The highest BCUT2D eigenvalue weighted by Gasteiger charge is 2.10. The topological polar surface area (TPSA) is 28.2 Å². The summed E-state index contributed by atoms with van der Waals surface area (Å²) >= 11 is 1.58. The lowest BCUT2D eigenvalue weighted by atomic mass is 10.2. The molecule has 0 saturated heterocycles. The van der Waals surface area contributed by atoms with E-state index in [2.05, 4.69) is 10.3 Å². The molecule has 1 aromatic carbocycles. The van der Waals surface area contributed by atoms with E-state index < -0.39 is 0 Å². The average Bonchev–Trinajstić information content (AvgIpc) is 2.88. The van der Waals surface area contributed by atoms with Crippen molar-refractivity contribution in [3.8, 4) is 0 Å². The first kappa shape index (κ1) is 13.8. The third-order valence-corrected chi connectivity index (χ3v) is 3.81. The van der Waals surface area contributed by atoms with Crippen molar-refractivity contribution in [3.63, 3.8) is 0 Å². The van der Waals surface area contributed by atoms with Crippen LogP contribution in [0.1, 0.15) is 18.9 Å². The van der Waals surface area contributed by atoms with E-state index in [-0.39, 0.29) is 11.9 Å². The normalized spacial score (nSPS) is 10.8. The molecule has 0 unspecified atom stereocenters. The van der Waals surface area contributed by atoms with Crippen LogP contribution in [0.5, 0.6) is 0 Å². The highest BCUT2D eigenvalue weighted by molar-refractivity contribution is 7.09. The number of thiazole rings is 1. The van der Waals surface area contributed by atoms with Crippen molar-refractivity contribution in [1.82, 2.24) is 4.98 Å². The van der Waals surface area contributed by atoms with Gasteiger partial charge in [-0.05, 0) is 32.0 Å². The molecule has 2 rings (SSSR count). The molecule has 0 atom stereocenters. The molecule has 1 aromatic heterocycles. The summed E-state index contributed by atoms with van der Waals surface area (Å²) < 4.78 is 14.0. The van der Waals surface area contributed by atoms with Crippen molar-refractivity contribution >= 4 is 22.7 Å². The molecule has 0 amide bonds. The van der Waals surface area contributed by atoms with Gasteiger partial charge in [0.1, 0.15) is 10.8 Å². The summed E-state index contributed by atoms with van der Waals surface area (Å²) in [6, 6.07) is 5.50. The maximum absolute atomic E-state index is 14.0. The van der Waals surface area contributed by atoms with Gasteiger partial charge in [-0.2, -0.15) is 0 Å².